The predicted molar refractivity (Wildman–Crippen MR) is 110 cm³/mol. The molecule has 0 aliphatic heterocycles. The topological polar surface area (TPSA) is 78.5 Å². The van der Waals surface area contributed by atoms with Crippen molar-refractivity contribution in [2.24, 2.45) is 5.92 Å². The molecule has 2 aromatic rings. The molecule has 3 amide bonds. The van der Waals surface area contributed by atoms with E-state index in [4.69, 9.17) is 0 Å². The molecule has 0 aromatic heterocycles. The van der Waals surface area contributed by atoms with E-state index in [1.54, 1.807) is 12.1 Å². The number of amides is 3. The van der Waals surface area contributed by atoms with Gasteiger partial charge in [0.1, 0.15) is 11.6 Å². The Balaban J connectivity index is 1.96. The molecule has 0 saturated heterocycles. The third-order valence-corrected chi connectivity index (χ3v) is 4.15. The first-order valence-electron chi connectivity index (χ1n) is 9.53. The molecule has 0 bridgehead atoms. The maximum absolute atomic E-state index is 14.0. The largest absolute Gasteiger partial charge is 0.345 e. The number of hydrogen-bond acceptors (Lipinski definition) is 3. The van der Waals surface area contributed by atoms with Crippen LogP contribution in [-0.4, -0.2) is 42.3 Å². The number of anilines is 1. The summed E-state index contributed by atoms with van der Waals surface area (Å²) in [5.74, 6) is -3.48. The number of carbonyl (C=O) groups is 3. The Morgan fingerprint density at radius 1 is 1.00 bits per heavy atom. The van der Waals surface area contributed by atoms with E-state index < -0.39 is 29.4 Å². The van der Waals surface area contributed by atoms with Gasteiger partial charge in [-0.25, -0.2) is 8.78 Å². The lowest BCUT2D eigenvalue weighted by atomic mass is 10.1. The molecule has 30 heavy (non-hydrogen) atoms. The Morgan fingerprint density at radius 3 is 2.27 bits per heavy atom. The SMILES string of the molecule is Cc1ccc(NC(=O)CNC(=O)CN(CC(C)C)C(=O)c2ccc(F)cc2F)cc1. The van der Waals surface area contributed by atoms with Gasteiger partial charge in [-0.1, -0.05) is 31.5 Å². The van der Waals surface area contributed by atoms with Gasteiger partial charge in [0, 0.05) is 18.3 Å². The highest BCUT2D eigenvalue weighted by Gasteiger charge is 2.23. The van der Waals surface area contributed by atoms with Crippen LogP contribution >= 0.6 is 0 Å². The third-order valence-electron chi connectivity index (χ3n) is 4.15. The van der Waals surface area contributed by atoms with Crippen LogP contribution in [-0.2, 0) is 9.59 Å². The van der Waals surface area contributed by atoms with Crippen LogP contribution in [0.15, 0.2) is 42.5 Å². The van der Waals surface area contributed by atoms with Crippen LogP contribution in [0.3, 0.4) is 0 Å². The summed E-state index contributed by atoms with van der Waals surface area (Å²) in [4.78, 5) is 38.1. The average Bonchev–Trinajstić information content (AvgIpc) is 2.67. The van der Waals surface area contributed by atoms with Crippen LogP contribution in [0.25, 0.3) is 0 Å². The second-order valence-electron chi connectivity index (χ2n) is 7.39. The first-order chi connectivity index (χ1) is 14.2. The van der Waals surface area contributed by atoms with Gasteiger partial charge in [0.15, 0.2) is 0 Å². The van der Waals surface area contributed by atoms with Crippen molar-refractivity contribution in [3.8, 4) is 0 Å². The molecular formula is C22H25F2N3O3. The highest BCUT2D eigenvalue weighted by molar-refractivity contribution is 5.98. The third kappa shape index (κ3) is 6.95. The Morgan fingerprint density at radius 2 is 1.67 bits per heavy atom. The molecule has 0 unspecified atom stereocenters. The fourth-order valence-electron chi connectivity index (χ4n) is 2.74. The predicted octanol–water partition coefficient (Wildman–Crippen LogP) is 3.13. The van der Waals surface area contributed by atoms with Gasteiger partial charge < -0.3 is 15.5 Å². The van der Waals surface area contributed by atoms with E-state index in [0.717, 1.165) is 17.7 Å². The van der Waals surface area contributed by atoms with Crippen LogP contribution < -0.4 is 10.6 Å². The van der Waals surface area contributed by atoms with Crippen molar-refractivity contribution in [2.45, 2.75) is 20.8 Å². The number of nitrogens with zero attached hydrogens (tertiary/aromatic N) is 1. The van der Waals surface area contributed by atoms with E-state index in [-0.39, 0.29) is 31.1 Å². The van der Waals surface area contributed by atoms with Crippen molar-refractivity contribution in [2.75, 3.05) is 25.0 Å². The number of nitrogens with one attached hydrogen (secondary N) is 2. The highest BCUT2D eigenvalue weighted by atomic mass is 19.1. The average molecular weight is 417 g/mol. The molecule has 160 valence electrons. The molecule has 0 fully saturated rings. The van der Waals surface area contributed by atoms with Gasteiger partial charge in [0.25, 0.3) is 5.91 Å². The molecule has 2 aromatic carbocycles. The molecule has 0 aliphatic carbocycles. The zero-order valence-electron chi connectivity index (χ0n) is 17.2. The number of carbonyl (C=O) groups excluding carboxylic acids is 3. The van der Waals surface area contributed by atoms with Gasteiger partial charge in [-0.05, 0) is 37.1 Å². The Labute approximate surface area is 174 Å². The van der Waals surface area contributed by atoms with E-state index in [2.05, 4.69) is 10.6 Å². The normalized spacial score (nSPS) is 10.6. The van der Waals surface area contributed by atoms with Crippen molar-refractivity contribution >= 4 is 23.4 Å². The lowest BCUT2D eigenvalue weighted by Crippen LogP contribution is -2.44. The van der Waals surface area contributed by atoms with Crippen LogP contribution in [0, 0.1) is 24.5 Å². The number of benzene rings is 2. The van der Waals surface area contributed by atoms with Gasteiger partial charge in [0.05, 0.1) is 18.7 Å². The van der Waals surface area contributed by atoms with Gasteiger partial charge in [0.2, 0.25) is 11.8 Å². The minimum absolute atomic E-state index is 0.00935. The molecule has 0 atom stereocenters. The molecule has 0 heterocycles. The van der Waals surface area contributed by atoms with E-state index in [0.29, 0.717) is 11.8 Å². The second-order valence-corrected chi connectivity index (χ2v) is 7.39. The smallest absolute Gasteiger partial charge is 0.257 e. The molecule has 2 N–H and O–H groups in total. The standard InChI is InChI=1S/C22H25F2N3O3/c1-14(2)12-27(22(30)18-9-6-16(23)10-19(18)24)13-21(29)25-11-20(28)26-17-7-4-15(3)5-8-17/h4-10,14H,11-13H2,1-3H3,(H,25,29)(H,26,28). The molecule has 2 rings (SSSR count). The lowest BCUT2D eigenvalue weighted by Gasteiger charge is -2.24. The minimum atomic E-state index is -0.994. The van der Waals surface area contributed by atoms with Crippen molar-refractivity contribution in [1.29, 1.82) is 0 Å². The fourth-order valence-corrected chi connectivity index (χ4v) is 2.74. The van der Waals surface area contributed by atoms with Crippen LogP contribution in [0.4, 0.5) is 14.5 Å². The number of aryl methyl sites for hydroxylation is 1. The Kier molecular flexibility index (Phi) is 8.03. The summed E-state index contributed by atoms with van der Waals surface area (Å²) in [6.45, 7) is 5.17. The number of rotatable bonds is 8. The van der Waals surface area contributed by atoms with Gasteiger partial charge in [-0.3, -0.25) is 14.4 Å². The zero-order chi connectivity index (χ0) is 22.3. The zero-order valence-corrected chi connectivity index (χ0v) is 17.2. The number of hydrogen-bond donors (Lipinski definition) is 2. The molecule has 0 saturated carbocycles. The molecular weight excluding hydrogens is 392 g/mol. The summed E-state index contributed by atoms with van der Waals surface area (Å²) in [5, 5.41) is 5.10. The highest BCUT2D eigenvalue weighted by Crippen LogP contribution is 2.14. The molecule has 8 heteroatoms. The van der Waals surface area contributed by atoms with Crippen LogP contribution in [0.1, 0.15) is 29.8 Å². The molecule has 6 nitrogen and oxygen atoms in total. The summed E-state index contributed by atoms with van der Waals surface area (Å²) in [6.07, 6.45) is 0. The molecule has 0 radical (unpaired) electrons. The van der Waals surface area contributed by atoms with Gasteiger partial charge in [-0.15, -0.1) is 0 Å². The molecule has 0 spiro atoms. The number of halogens is 2. The van der Waals surface area contributed by atoms with Crippen molar-refractivity contribution in [3.63, 3.8) is 0 Å². The second kappa shape index (κ2) is 10.5. The van der Waals surface area contributed by atoms with E-state index in [1.165, 1.54) is 4.90 Å². The Bertz CT molecular complexity index is 914. The maximum atomic E-state index is 14.0. The van der Waals surface area contributed by atoms with E-state index >= 15 is 0 Å². The van der Waals surface area contributed by atoms with Crippen molar-refractivity contribution < 1.29 is 23.2 Å². The van der Waals surface area contributed by atoms with Crippen molar-refractivity contribution in [1.82, 2.24) is 10.2 Å². The summed E-state index contributed by atoms with van der Waals surface area (Å²) in [5.41, 5.74) is 1.33. The first kappa shape index (κ1) is 23.0. The monoisotopic (exact) mass is 417 g/mol. The summed E-state index contributed by atoms with van der Waals surface area (Å²) >= 11 is 0. The van der Waals surface area contributed by atoms with Gasteiger partial charge >= 0.3 is 0 Å². The minimum Gasteiger partial charge on any atom is -0.345 e. The Hall–Kier alpha value is -3.29. The van der Waals surface area contributed by atoms with Gasteiger partial charge in [-0.2, -0.15) is 0 Å². The van der Waals surface area contributed by atoms with E-state index in [1.807, 2.05) is 32.9 Å². The van der Waals surface area contributed by atoms with Crippen molar-refractivity contribution in [3.05, 3.63) is 65.2 Å². The lowest BCUT2D eigenvalue weighted by molar-refractivity contribution is -0.124. The fraction of sp³-hybridized carbons (Fsp3) is 0.318. The van der Waals surface area contributed by atoms with Crippen LogP contribution in [0.2, 0.25) is 0 Å². The maximum Gasteiger partial charge on any atom is 0.257 e. The van der Waals surface area contributed by atoms with E-state index in [9.17, 15) is 23.2 Å². The van der Waals surface area contributed by atoms with Crippen LogP contribution in [0.5, 0.6) is 0 Å². The quantitative estimate of drug-likeness (QED) is 0.693. The summed E-state index contributed by atoms with van der Waals surface area (Å²) in [7, 11) is 0. The molecule has 0 aliphatic rings. The summed E-state index contributed by atoms with van der Waals surface area (Å²) in [6, 6.07) is 9.84. The summed E-state index contributed by atoms with van der Waals surface area (Å²) < 4.78 is 27.1. The first-order valence-corrected chi connectivity index (χ1v) is 9.53.